The molecule has 1 atom stereocenters. The number of carbonyl (C=O) groups is 1. The number of methoxy groups -OCH3 is 1. The minimum Gasteiger partial charge on any atom is -0.465 e. The lowest BCUT2D eigenvalue weighted by atomic mass is 10.1. The van der Waals surface area contributed by atoms with Crippen LogP contribution in [0, 0.1) is 0 Å². The topological polar surface area (TPSA) is 51.5 Å². The summed E-state index contributed by atoms with van der Waals surface area (Å²) in [6.45, 7) is 2.66. The number of rotatable bonds is 5. The van der Waals surface area contributed by atoms with E-state index in [4.69, 9.17) is 0 Å². The SMILES string of the molecule is CCC(O)c1ccn(Cc2ccc(C(=O)OC)cc2)c1. The number of nitrogens with zero attached hydrogens (tertiary/aromatic N) is 1. The highest BCUT2D eigenvalue weighted by Crippen LogP contribution is 2.17. The molecule has 2 rings (SSSR count). The van der Waals surface area contributed by atoms with Gasteiger partial charge in [-0.3, -0.25) is 0 Å². The van der Waals surface area contributed by atoms with E-state index in [1.165, 1.54) is 7.11 Å². The molecule has 2 aromatic rings. The van der Waals surface area contributed by atoms with E-state index in [2.05, 4.69) is 4.74 Å². The Hall–Kier alpha value is -2.07. The van der Waals surface area contributed by atoms with Crippen molar-refractivity contribution in [2.45, 2.75) is 26.0 Å². The minimum atomic E-state index is -0.405. The third-order valence-electron chi connectivity index (χ3n) is 3.29. The molecule has 0 aliphatic heterocycles. The Bertz CT molecular complexity index is 572. The zero-order valence-electron chi connectivity index (χ0n) is 11.7. The quantitative estimate of drug-likeness (QED) is 0.852. The molecule has 106 valence electrons. The van der Waals surface area contributed by atoms with Gasteiger partial charge in [0.1, 0.15) is 0 Å². The monoisotopic (exact) mass is 273 g/mol. The van der Waals surface area contributed by atoms with E-state index < -0.39 is 6.10 Å². The van der Waals surface area contributed by atoms with Gasteiger partial charge in [0.2, 0.25) is 0 Å². The lowest BCUT2D eigenvalue weighted by Gasteiger charge is -2.06. The second-order valence-electron chi connectivity index (χ2n) is 4.73. The molecule has 0 spiro atoms. The lowest BCUT2D eigenvalue weighted by molar-refractivity contribution is 0.0600. The van der Waals surface area contributed by atoms with Gasteiger partial charge in [-0.05, 0) is 35.7 Å². The zero-order chi connectivity index (χ0) is 14.5. The van der Waals surface area contributed by atoms with E-state index in [9.17, 15) is 9.90 Å². The normalized spacial score (nSPS) is 12.2. The molecule has 0 saturated heterocycles. The van der Waals surface area contributed by atoms with E-state index in [0.29, 0.717) is 18.5 Å². The molecule has 4 nitrogen and oxygen atoms in total. The van der Waals surface area contributed by atoms with E-state index in [0.717, 1.165) is 11.1 Å². The number of hydrogen-bond acceptors (Lipinski definition) is 3. The molecule has 1 unspecified atom stereocenters. The highest BCUT2D eigenvalue weighted by atomic mass is 16.5. The Morgan fingerprint density at radius 2 is 2.00 bits per heavy atom. The van der Waals surface area contributed by atoms with E-state index in [1.807, 2.05) is 42.1 Å². The summed E-state index contributed by atoms with van der Waals surface area (Å²) < 4.78 is 6.68. The van der Waals surface area contributed by atoms with Gasteiger partial charge in [0.15, 0.2) is 0 Å². The van der Waals surface area contributed by atoms with Crippen molar-refractivity contribution in [3.05, 3.63) is 59.4 Å². The van der Waals surface area contributed by atoms with Crippen LogP contribution in [0.3, 0.4) is 0 Å². The van der Waals surface area contributed by atoms with Gasteiger partial charge in [-0.25, -0.2) is 4.79 Å². The zero-order valence-corrected chi connectivity index (χ0v) is 11.7. The summed E-state index contributed by atoms with van der Waals surface area (Å²) in [5.74, 6) is -0.328. The van der Waals surface area contributed by atoms with Crippen LogP contribution in [-0.4, -0.2) is 22.8 Å². The second-order valence-corrected chi connectivity index (χ2v) is 4.73. The molecule has 1 aromatic carbocycles. The van der Waals surface area contributed by atoms with Crippen LogP contribution in [0.4, 0.5) is 0 Å². The van der Waals surface area contributed by atoms with E-state index in [1.54, 1.807) is 12.1 Å². The predicted octanol–water partition coefficient (Wildman–Crippen LogP) is 2.77. The van der Waals surface area contributed by atoms with Crippen molar-refractivity contribution in [2.75, 3.05) is 7.11 Å². The molecule has 0 fully saturated rings. The summed E-state index contributed by atoms with van der Waals surface area (Å²) >= 11 is 0. The first-order valence-corrected chi connectivity index (χ1v) is 6.65. The van der Waals surface area contributed by atoms with Crippen molar-refractivity contribution in [3.8, 4) is 0 Å². The molecule has 20 heavy (non-hydrogen) atoms. The summed E-state index contributed by atoms with van der Waals surface area (Å²) in [4.78, 5) is 11.3. The fraction of sp³-hybridized carbons (Fsp3) is 0.312. The van der Waals surface area contributed by atoms with Crippen LogP contribution in [0.15, 0.2) is 42.7 Å². The number of esters is 1. The van der Waals surface area contributed by atoms with Crippen molar-refractivity contribution in [1.29, 1.82) is 0 Å². The second kappa shape index (κ2) is 6.39. The van der Waals surface area contributed by atoms with Gasteiger partial charge in [0.05, 0.1) is 18.8 Å². The van der Waals surface area contributed by atoms with Gasteiger partial charge >= 0.3 is 5.97 Å². The number of aromatic nitrogens is 1. The highest BCUT2D eigenvalue weighted by molar-refractivity contribution is 5.89. The number of hydrogen-bond donors (Lipinski definition) is 1. The molecule has 1 aromatic heterocycles. The highest BCUT2D eigenvalue weighted by Gasteiger charge is 2.07. The fourth-order valence-electron chi connectivity index (χ4n) is 2.07. The molecular weight excluding hydrogens is 254 g/mol. The van der Waals surface area contributed by atoms with Crippen molar-refractivity contribution < 1.29 is 14.6 Å². The maximum Gasteiger partial charge on any atom is 0.337 e. The number of benzene rings is 1. The van der Waals surface area contributed by atoms with Crippen molar-refractivity contribution in [2.24, 2.45) is 0 Å². The molecule has 0 aliphatic rings. The van der Waals surface area contributed by atoms with Crippen LogP contribution in [0.1, 0.15) is 40.9 Å². The molecule has 0 radical (unpaired) electrons. The Kier molecular flexibility index (Phi) is 4.58. The molecule has 1 heterocycles. The first-order valence-electron chi connectivity index (χ1n) is 6.65. The number of aliphatic hydroxyl groups is 1. The summed E-state index contributed by atoms with van der Waals surface area (Å²) in [7, 11) is 1.37. The van der Waals surface area contributed by atoms with Crippen molar-refractivity contribution in [3.63, 3.8) is 0 Å². The molecule has 0 bridgehead atoms. The van der Waals surface area contributed by atoms with E-state index >= 15 is 0 Å². The lowest BCUT2D eigenvalue weighted by Crippen LogP contribution is -2.02. The Morgan fingerprint density at radius 3 is 2.60 bits per heavy atom. The average molecular weight is 273 g/mol. The van der Waals surface area contributed by atoms with Crippen molar-refractivity contribution >= 4 is 5.97 Å². The minimum absolute atomic E-state index is 0.328. The largest absolute Gasteiger partial charge is 0.465 e. The number of carbonyl (C=O) groups excluding carboxylic acids is 1. The molecule has 4 heteroatoms. The Balaban J connectivity index is 2.06. The number of aliphatic hydroxyl groups excluding tert-OH is 1. The van der Waals surface area contributed by atoms with Crippen LogP contribution in [-0.2, 0) is 11.3 Å². The smallest absolute Gasteiger partial charge is 0.337 e. The maximum absolute atomic E-state index is 11.3. The summed E-state index contributed by atoms with van der Waals surface area (Å²) in [5.41, 5.74) is 2.57. The van der Waals surface area contributed by atoms with Crippen molar-refractivity contribution in [1.82, 2.24) is 4.57 Å². The molecule has 1 N–H and O–H groups in total. The standard InChI is InChI=1S/C16H19NO3/c1-3-15(18)14-8-9-17(11-14)10-12-4-6-13(7-5-12)16(19)20-2/h4-9,11,15,18H,3,10H2,1-2H3. The molecule has 0 saturated carbocycles. The van der Waals surface area contributed by atoms with Gasteiger partial charge in [0, 0.05) is 18.9 Å². The fourth-order valence-corrected chi connectivity index (χ4v) is 2.07. The van der Waals surface area contributed by atoms with Crippen LogP contribution in [0.25, 0.3) is 0 Å². The Labute approximate surface area is 118 Å². The van der Waals surface area contributed by atoms with Gasteiger partial charge in [-0.2, -0.15) is 0 Å². The Morgan fingerprint density at radius 1 is 1.30 bits per heavy atom. The first-order chi connectivity index (χ1) is 9.63. The van der Waals surface area contributed by atoms with Crippen LogP contribution in [0.2, 0.25) is 0 Å². The molecule has 0 aliphatic carbocycles. The predicted molar refractivity (Wildman–Crippen MR) is 76.6 cm³/mol. The number of ether oxygens (including phenoxy) is 1. The van der Waals surface area contributed by atoms with Gasteiger partial charge in [0.25, 0.3) is 0 Å². The summed E-state index contributed by atoms with van der Waals surface area (Å²) in [6.07, 6.45) is 4.20. The maximum atomic E-state index is 11.3. The first kappa shape index (κ1) is 14.3. The van der Waals surface area contributed by atoms with Gasteiger partial charge < -0.3 is 14.4 Å². The third-order valence-corrected chi connectivity index (χ3v) is 3.29. The van der Waals surface area contributed by atoms with E-state index in [-0.39, 0.29) is 5.97 Å². The van der Waals surface area contributed by atoms with Crippen LogP contribution in [0.5, 0.6) is 0 Å². The van der Waals surface area contributed by atoms with Crippen LogP contribution >= 0.6 is 0 Å². The molecular formula is C16H19NO3. The summed E-state index contributed by atoms with van der Waals surface area (Å²) in [6, 6.07) is 9.25. The average Bonchev–Trinajstić information content (AvgIpc) is 2.95. The van der Waals surface area contributed by atoms with Gasteiger partial charge in [-0.15, -0.1) is 0 Å². The van der Waals surface area contributed by atoms with Crippen LogP contribution < -0.4 is 0 Å². The van der Waals surface area contributed by atoms with Gasteiger partial charge in [-0.1, -0.05) is 19.1 Å². The third kappa shape index (κ3) is 3.27. The summed E-state index contributed by atoms with van der Waals surface area (Å²) in [5, 5.41) is 9.77. The molecule has 0 amide bonds.